The molecule has 0 aromatic heterocycles. The van der Waals surface area contributed by atoms with Crippen LogP contribution in [0.3, 0.4) is 0 Å². The van der Waals surface area contributed by atoms with Crippen molar-refractivity contribution in [2.45, 2.75) is 114 Å². The number of hydrogen-bond acceptors (Lipinski definition) is 3. The summed E-state index contributed by atoms with van der Waals surface area (Å²) in [6.45, 7) is 6.13. The Labute approximate surface area is 177 Å². The van der Waals surface area contributed by atoms with Gasteiger partial charge in [0.1, 0.15) is 11.7 Å². The highest BCUT2D eigenvalue weighted by Gasteiger charge is 2.64. The molecule has 5 nitrogen and oxygen atoms in total. The van der Waals surface area contributed by atoms with E-state index in [0.717, 1.165) is 31.1 Å². The Kier molecular flexibility index (Phi) is 6.36. The quantitative estimate of drug-likeness (QED) is 0.535. The van der Waals surface area contributed by atoms with Gasteiger partial charge in [0, 0.05) is 37.7 Å². The van der Waals surface area contributed by atoms with Crippen LogP contribution in [0.5, 0.6) is 0 Å². The van der Waals surface area contributed by atoms with Gasteiger partial charge in [0.25, 0.3) is 0 Å². The molecule has 5 heteroatoms. The van der Waals surface area contributed by atoms with E-state index in [1.165, 1.54) is 64.3 Å². The number of quaternary nitrogens is 2. The van der Waals surface area contributed by atoms with E-state index in [0.29, 0.717) is 18.0 Å². The molecule has 3 saturated heterocycles. The number of hydrogen-bond donors (Lipinski definition) is 4. The van der Waals surface area contributed by atoms with Crippen LogP contribution in [0, 0.1) is 23.7 Å². The number of nitrogens with two attached hydrogens (primary N) is 2. The Morgan fingerprint density at radius 1 is 1.14 bits per heavy atom. The first-order chi connectivity index (χ1) is 13.8. The molecule has 5 fully saturated rings. The highest BCUT2D eigenvalue weighted by Crippen LogP contribution is 2.59. The fraction of sp³-hybridized carbons (Fsp3) is 1.00. The van der Waals surface area contributed by atoms with Gasteiger partial charge in [0.2, 0.25) is 0 Å². The van der Waals surface area contributed by atoms with Gasteiger partial charge in [-0.3, -0.25) is 5.73 Å². The first-order valence-electron chi connectivity index (χ1n) is 12.5. The average Bonchev–Trinajstić information content (AvgIpc) is 2.68. The second-order valence-corrected chi connectivity index (χ2v) is 11.8. The van der Waals surface area contributed by atoms with E-state index >= 15 is 0 Å². The van der Waals surface area contributed by atoms with E-state index < -0.39 is 0 Å². The van der Waals surface area contributed by atoms with Crippen LogP contribution in [0.2, 0.25) is 0 Å². The molecule has 0 amide bonds. The molecule has 3 heterocycles. The molecule has 0 aromatic rings. The lowest BCUT2D eigenvalue weighted by molar-refractivity contribution is -0.703. The van der Waals surface area contributed by atoms with Crippen molar-refractivity contribution < 1.29 is 20.9 Å². The maximum Gasteiger partial charge on any atom is 0.137 e. The zero-order valence-corrected chi connectivity index (χ0v) is 19.0. The monoisotopic (exact) mass is 409 g/mol. The fourth-order valence-corrected chi connectivity index (χ4v) is 8.09. The number of fused-ring (bicyclic) bond motifs is 3. The minimum Gasteiger partial charge on any atom is -0.396 e. The zero-order chi connectivity index (χ0) is 20.7. The van der Waals surface area contributed by atoms with Crippen LogP contribution < -0.4 is 16.8 Å². The molecule has 2 bridgehead atoms. The number of ether oxygens (including phenoxy) is 1. The molecule has 5 aliphatic rings. The fourth-order valence-electron chi connectivity index (χ4n) is 8.09. The molecule has 0 radical (unpaired) electrons. The van der Waals surface area contributed by atoms with Crippen molar-refractivity contribution in [2.24, 2.45) is 29.4 Å². The lowest BCUT2D eigenvalue weighted by Crippen LogP contribution is -2.95. The Morgan fingerprint density at radius 2 is 1.97 bits per heavy atom. The molecule has 0 aromatic carbocycles. The van der Waals surface area contributed by atoms with Crippen LogP contribution in [0.4, 0.5) is 0 Å². The van der Waals surface area contributed by atoms with Crippen molar-refractivity contribution in [3.63, 3.8) is 0 Å². The van der Waals surface area contributed by atoms with Crippen LogP contribution in [-0.4, -0.2) is 41.2 Å². The third-order valence-electron chi connectivity index (χ3n) is 9.26. The van der Waals surface area contributed by atoms with Gasteiger partial charge < -0.3 is 20.9 Å². The third kappa shape index (κ3) is 4.41. The lowest BCUT2D eigenvalue weighted by atomic mass is 9.53. The molecular formula is C24H47N3O2+2. The molecule has 3 aliphatic heterocycles. The van der Waals surface area contributed by atoms with Gasteiger partial charge in [0.05, 0.1) is 17.7 Å². The summed E-state index contributed by atoms with van der Waals surface area (Å²) >= 11 is 0. The van der Waals surface area contributed by atoms with Crippen molar-refractivity contribution in [1.82, 2.24) is 0 Å². The van der Waals surface area contributed by atoms with Crippen LogP contribution in [-0.2, 0) is 4.74 Å². The van der Waals surface area contributed by atoms with Crippen molar-refractivity contribution in [2.75, 3.05) is 13.2 Å². The first kappa shape index (κ1) is 22.0. The maximum absolute atomic E-state index is 9.46. The number of rotatable bonds is 6. The maximum atomic E-state index is 9.46. The second-order valence-electron chi connectivity index (χ2n) is 11.8. The van der Waals surface area contributed by atoms with Crippen molar-refractivity contribution in [3.05, 3.63) is 0 Å². The van der Waals surface area contributed by atoms with E-state index in [4.69, 9.17) is 16.2 Å². The van der Waals surface area contributed by atoms with E-state index in [2.05, 4.69) is 19.2 Å². The largest absolute Gasteiger partial charge is 0.396 e. The topological polar surface area (TPSA) is 99.7 Å². The minimum absolute atomic E-state index is 0.0230. The van der Waals surface area contributed by atoms with Crippen molar-refractivity contribution in [1.29, 1.82) is 0 Å². The molecule has 7 unspecified atom stereocenters. The molecule has 168 valence electrons. The Hall–Kier alpha value is -0.200. The standard InChI is InChI=1S/C24H45N3O2/c1-22(2)20-9-11-24(29-22,16-23(20,26)10-4-12-28)19-6-3-5-17(14-19)13-18-7-8-21(25)27-15-18/h17-21,27-28H,3-16,25-26H2,1-2H3/p+2. The van der Waals surface area contributed by atoms with Gasteiger partial charge in [-0.15, -0.1) is 0 Å². The van der Waals surface area contributed by atoms with Crippen LogP contribution in [0.25, 0.3) is 0 Å². The Morgan fingerprint density at radius 3 is 2.66 bits per heavy atom. The molecule has 2 saturated carbocycles. The van der Waals surface area contributed by atoms with Gasteiger partial charge in [0.15, 0.2) is 0 Å². The molecule has 5 rings (SSSR count). The molecule has 29 heavy (non-hydrogen) atoms. The summed E-state index contributed by atoms with van der Waals surface area (Å²) in [5.74, 6) is 2.92. The molecule has 8 N–H and O–H groups in total. The van der Waals surface area contributed by atoms with E-state index in [9.17, 15) is 5.11 Å². The predicted octanol–water partition coefficient (Wildman–Crippen LogP) is 1.54. The smallest absolute Gasteiger partial charge is 0.137 e. The van der Waals surface area contributed by atoms with Gasteiger partial charge in [-0.25, -0.2) is 0 Å². The van der Waals surface area contributed by atoms with Crippen LogP contribution in [0.1, 0.15) is 90.9 Å². The predicted molar refractivity (Wildman–Crippen MR) is 115 cm³/mol. The van der Waals surface area contributed by atoms with Crippen LogP contribution >= 0.6 is 0 Å². The average molecular weight is 410 g/mol. The molecule has 2 aliphatic carbocycles. The molecule has 7 atom stereocenters. The second kappa shape index (κ2) is 8.38. The Balaban J connectivity index is 1.45. The van der Waals surface area contributed by atoms with Gasteiger partial charge in [-0.05, 0) is 70.6 Å². The molecular weight excluding hydrogens is 362 g/mol. The summed E-state index contributed by atoms with van der Waals surface area (Å²) in [7, 11) is 0. The summed E-state index contributed by atoms with van der Waals surface area (Å²) in [5.41, 5.74) is 10.9. The normalized spacial score (nSPS) is 47.3. The summed E-state index contributed by atoms with van der Waals surface area (Å²) in [4.78, 5) is 0. The highest BCUT2D eigenvalue weighted by atomic mass is 16.5. The van der Waals surface area contributed by atoms with E-state index in [1.807, 2.05) is 0 Å². The summed E-state index contributed by atoms with van der Waals surface area (Å²) in [5, 5.41) is 11.8. The Bertz CT molecular complexity index is 562. The zero-order valence-electron chi connectivity index (χ0n) is 19.0. The van der Waals surface area contributed by atoms with Gasteiger partial charge >= 0.3 is 0 Å². The number of aliphatic hydroxyl groups is 1. The van der Waals surface area contributed by atoms with E-state index in [1.54, 1.807) is 0 Å². The minimum atomic E-state index is -0.0882. The number of piperidine rings is 1. The number of aliphatic hydroxyl groups excluding tert-OH is 1. The lowest BCUT2D eigenvalue weighted by Gasteiger charge is -2.63. The van der Waals surface area contributed by atoms with Gasteiger partial charge in [-0.2, -0.15) is 0 Å². The van der Waals surface area contributed by atoms with Crippen LogP contribution in [0.15, 0.2) is 0 Å². The summed E-state index contributed by atoms with van der Waals surface area (Å²) in [6.07, 6.45) is 15.2. The first-order valence-corrected chi connectivity index (χ1v) is 12.5. The van der Waals surface area contributed by atoms with Crippen molar-refractivity contribution >= 4 is 0 Å². The highest BCUT2D eigenvalue weighted by molar-refractivity contribution is 5.12. The van der Waals surface area contributed by atoms with Gasteiger partial charge in [-0.1, -0.05) is 12.8 Å². The summed E-state index contributed by atoms with van der Waals surface area (Å²) in [6, 6.07) is 0. The van der Waals surface area contributed by atoms with E-state index in [-0.39, 0.29) is 23.3 Å². The van der Waals surface area contributed by atoms with Crippen molar-refractivity contribution in [3.8, 4) is 0 Å². The SMILES string of the molecule is CC1(C)OC2(C3CCCC(CC4CCC(N)[NH2+]C4)C3)CCC1C([NH3+])(CCCO)C2. The summed E-state index contributed by atoms with van der Waals surface area (Å²) < 4.78 is 7.00. The molecule has 0 spiro atoms. The third-order valence-corrected chi connectivity index (χ3v) is 9.26.